The minimum atomic E-state index is -0.264. The maximum atomic E-state index is 12.2. The number of ether oxygens (including phenoxy) is 1. The molecule has 2 aromatic carbocycles. The monoisotopic (exact) mass is 322 g/mol. The van der Waals surface area contributed by atoms with Gasteiger partial charge in [-0.25, -0.2) is 0 Å². The van der Waals surface area contributed by atoms with E-state index in [1.807, 2.05) is 25.1 Å². The molecule has 24 heavy (non-hydrogen) atoms. The summed E-state index contributed by atoms with van der Waals surface area (Å²) in [6, 6.07) is 12.6. The van der Waals surface area contributed by atoms with Crippen LogP contribution in [0.5, 0.6) is 5.75 Å². The molecule has 0 aliphatic carbocycles. The summed E-state index contributed by atoms with van der Waals surface area (Å²) in [5.41, 5.74) is 1.91. The summed E-state index contributed by atoms with van der Waals surface area (Å²) >= 11 is 0. The van der Waals surface area contributed by atoms with Crippen LogP contribution in [-0.2, 0) is 6.42 Å². The Bertz CT molecular complexity index is 960. The molecule has 0 unspecified atom stereocenters. The van der Waals surface area contributed by atoms with Crippen LogP contribution < -0.4 is 10.3 Å². The van der Waals surface area contributed by atoms with Crippen molar-refractivity contribution in [3.63, 3.8) is 0 Å². The number of aromatic nitrogens is 2. The molecule has 1 heterocycles. The van der Waals surface area contributed by atoms with Gasteiger partial charge >= 0.3 is 0 Å². The molecule has 0 radical (unpaired) electrons. The highest BCUT2D eigenvalue weighted by atomic mass is 16.5. The summed E-state index contributed by atoms with van der Waals surface area (Å²) in [6.45, 7) is 3.95. The lowest BCUT2D eigenvalue weighted by molar-refractivity contribution is 0.101. The number of carbonyl (C=O) groups excluding carboxylic acids is 1. The van der Waals surface area contributed by atoms with E-state index >= 15 is 0 Å². The molecular weight excluding hydrogens is 304 g/mol. The van der Waals surface area contributed by atoms with Crippen LogP contribution in [0, 0.1) is 0 Å². The van der Waals surface area contributed by atoms with Crippen molar-refractivity contribution >= 4 is 16.7 Å². The van der Waals surface area contributed by atoms with E-state index in [1.165, 1.54) is 6.92 Å². The third-order valence-corrected chi connectivity index (χ3v) is 3.80. The topological polar surface area (TPSA) is 72.0 Å². The number of aromatic amines is 1. The first-order valence-corrected chi connectivity index (χ1v) is 7.83. The molecule has 0 spiro atoms. The number of para-hydroxylation sites is 1. The van der Waals surface area contributed by atoms with Crippen molar-refractivity contribution in [2.45, 2.75) is 20.3 Å². The molecule has 0 aliphatic heterocycles. The highest BCUT2D eigenvalue weighted by Crippen LogP contribution is 2.23. The lowest BCUT2D eigenvalue weighted by Gasteiger charge is -2.11. The standard InChI is InChI=1S/C19H18N2O3/c1-3-24-17-9-8-13(12(2)22)10-14(17)11-18-20-16-7-5-4-6-15(16)19(23)21-18/h4-10H,3,11H2,1-2H3,(H,20,21,23). The normalized spacial score (nSPS) is 10.8. The van der Waals surface area contributed by atoms with Gasteiger partial charge in [-0.15, -0.1) is 0 Å². The van der Waals surface area contributed by atoms with Crippen LogP contribution in [-0.4, -0.2) is 22.4 Å². The number of carbonyl (C=O) groups is 1. The van der Waals surface area contributed by atoms with Crippen LogP contribution in [0.4, 0.5) is 0 Å². The van der Waals surface area contributed by atoms with Gasteiger partial charge in [0, 0.05) is 17.5 Å². The third kappa shape index (κ3) is 3.20. The first kappa shape index (κ1) is 15.9. The Morgan fingerprint density at radius 2 is 2.00 bits per heavy atom. The molecule has 0 saturated heterocycles. The second-order valence-electron chi connectivity index (χ2n) is 5.52. The van der Waals surface area contributed by atoms with Crippen LogP contribution in [0.15, 0.2) is 47.3 Å². The maximum Gasteiger partial charge on any atom is 0.280 e. The van der Waals surface area contributed by atoms with Gasteiger partial charge in [0.1, 0.15) is 11.6 Å². The maximum absolute atomic E-state index is 12.2. The Morgan fingerprint density at radius 3 is 2.75 bits per heavy atom. The molecule has 0 amide bonds. The van der Waals surface area contributed by atoms with E-state index in [9.17, 15) is 9.59 Å². The number of hydrogen-bond acceptors (Lipinski definition) is 4. The second-order valence-corrected chi connectivity index (χ2v) is 5.52. The number of rotatable bonds is 5. The number of nitrogens with zero attached hydrogens (tertiary/aromatic N) is 1. The Labute approximate surface area is 139 Å². The number of fused-ring (bicyclic) bond motifs is 1. The second kappa shape index (κ2) is 6.66. The molecule has 0 atom stereocenters. The third-order valence-electron chi connectivity index (χ3n) is 3.80. The van der Waals surface area contributed by atoms with Crippen LogP contribution in [0.1, 0.15) is 35.6 Å². The van der Waals surface area contributed by atoms with Gasteiger partial charge in [0.2, 0.25) is 0 Å². The zero-order valence-corrected chi connectivity index (χ0v) is 13.6. The van der Waals surface area contributed by atoms with E-state index < -0.39 is 0 Å². The highest BCUT2D eigenvalue weighted by molar-refractivity contribution is 5.94. The molecule has 122 valence electrons. The minimum Gasteiger partial charge on any atom is -0.494 e. The van der Waals surface area contributed by atoms with Crippen molar-refractivity contribution in [1.82, 2.24) is 9.97 Å². The number of Topliss-reactive ketones (excluding diaryl/α,β-unsaturated/α-hetero) is 1. The fraction of sp³-hybridized carbons (Fsp3) is 0.211. The summed E-state index contributed by atoms with van der Waals surface area (Å²) in [4.78, 5) is 31.1. The lowest BCUT2D eigenvalue weighted by atomic mass is 10.0. The number of nitrogens with one attached hydrogen (secondary N) is 1. The summed E-state index contributed by atoms with van der Waals surface area (Å²) < 4.78 is 5.63. The summed E-state index contributed by atoms with van der Waals surface area (Å²) in [5, 5.41) is 0.559. The van der Waals surface area contributed by atoms with Gasteiger partial charge in [-0.3, -0.25) is 9.59 Å². The zero-order chi connectivity index (χ0) is 17.1. The molecule has 3 aromatic rings. The van der Waals surface area contributed by atoms with Gasteiger partial charge in [0.05, 0.1) is 17.5 Å². The molecule has 0 aliphatic rings. The fourth-order valence-corrected chi connectivity index (χ4v) is 2.64. The van der Waals surface area contributed by atoms with Crippen molar-refractivity contribution < 1.29 is 9.53 Å². The molecule has 0 bridgehead atoms. The van der Waals surface area contributed by atoms with Crippen LogP contribution >= 0.6 is 0 Å². The van der Waals surface area contributed by atoms with E-state index in [2.05, 4.69) is 9.97 Å². The highest BCUT2D eigenvalue weighted by Gasteiger charge is 2.11. The predicted molar refractivity (Wildman–Crippen MR) is 92.8 cm³/mol. The van der Waals surface area contributed by atoms with Crippen LogP contribution in [0.25, 0.3) is 10.9 Å². The Kier molecular flexibility index (Phi) is 4.42. The van der Waals surface area contributed by atoms with Crippen molar-refractivity contribution in [2.24, 2.45) is 0 Å². The van der Waals surface area contributed by atoms with E-state index in [-0.39, 0.29) is 11.3 Å². The SMILES string of the molecule is CCOc1ccc(C(C)=O)cc1Cc1nc(=O)c2ccccc2[nH]1. The molecule has 0 saturated carbocycles. The van der Waals surface area contributed by atoms with E-state index in [0.717, 1.165) is 11.1 Å². The first-order chi connectivity index (χ1) is 11.6. The minimum absolute atomic E-state index is 0.0146. The average Bonchev–Trinajstić information content (AvgIpc) is 2.56. The first-order valence-electron chi connectivity index (χ1n) is 7.83. The molecule has 5 nitrogen and oxygen atoms in total. The Hall–Kier alpha value is -2.95. The Morgan fingerprint density at radius 1 is 1.21 bits per heavy atom. The summed E-state index contributed by atoms with van der Waals surface area (Å²) in [6.07, 6.45) is 0.385. The number of H-pyrrole nitrogens is 1. The molecule has 1 N–H and O–H groups in total. The zero-order valence-electron chi connectivity index (χ0n) is 13.6. The van der Waals surface area contributed by atoms with Crippen LogP contribution in [0.2, 0.25) is 0 Å². The van der Waals surface area contributed by atoms with E-state index in [4.69, 9.17) is 4.74 Å². The number of ketones is 1. The molecule has 1 aromatic heterocycles. The van der Waals surface area contributed by atoms with Crippen molar-refractivity contribution in [2.75, 3.05) is 6.61 Å². The predicted octanol–water partition coefficient (Wildman–Crippen LogP) is 3.12. The molecule has 0 fully saturated rings. The molecular formula is C19H18N2O3. The van der Waals surface area contributed by atoms with Gasteiger partial charge in [-0.1, -0.05) is 12.1 Å². The molecule has 5 heteroatoms. The van der Waals surface area contributed by atoms with Crippen LogP contribution in [0.3, 0.4) is 0 Å². The lowest BCUT2D eigenvalue weighted by Crippen LogP contribution is -2.12. The van der Waals surface area contributed by atoms with Gasteiger partial charge in [0.25, 0.3) is 5.56 Å². The van der Waals surface area contributed by atoms with Crippen molar-refractivity contribution in [3.8, 4) is 5.75 Å². The van der Waals surface area contributed by atoms with Gasteiger partial charge in [-0.05, 0) is 44.2 Å². The summed E-state index contributed by atoms with van der Waals surface area (Å²) in [5.74, 6) is 1.22. The van der Waals surface area contributed by atoms with E-state index in [0.29, 0.717) is 35.6 Å². The largest absolute Gasteiger partial charge is 0.494 e. The number of hydrogen-bond donors (Lipinski definition) is 1. The smallest absolute Gasteiger partial charge is 0.280 e. The van der Waals surface area contributed by atoms with E-state index in [1.54, 1.807) is 24.3 Å². The van der Waals surface area contributed by atoms with Gasteiger partial charge < -0.3 is 9.72 Å². The average molecular weight is 322 g/mol. The molecule has 3 rings (SSSR count). The van der Waals surface area contributed by atoms with Gasteiger partial charge in [-0.2, -0.15) is 4.98 Å². The van der Waals surface area contributed by atoms with Crippen molar-refractivity contribution in [3.05, 3.63) is 69.8 Å². The number of benzene rings is 2. The quantitative estimate of drug-likeness (QED) is 0.733. The van der Waals surface area contributed by atoms with Gasteiger partial charge in [0.15, 0.2) is 5.78 Å². The summed E-state index contributed by atoms with van der Waals surface area (Å²) in [7, 11) is 0. The van der Waals surface area contributed by atoms with Crippen molar-refractivity contribution in [1.29, 1.82) is 0 Å². The Balaban J connectivity index is 2.05. The fourth-order valence-electron chi connectivity index (χ4n) is 2.64.